The predicted octanol–water partition coefficient (Wildman–Crippen LogP) is 2.22. The van der Waals surface area contributed by atoms with Crippen LogP contribution in [0.1, 0.15) is 24.0 Å². The van der Waals surface area contributed by atoms with Gasteiger partial charge in [0.25, 0.3) is 0 Å². The number of rotatable bonds is 3. The first-order valence-electron chi connectivity index (χ1n) is 4.89. The fourth-order valence-electron chi connectivity index (χ4n) is 1.40. The Balaban J connectivity index is 2.92. The number of carboxylic acids is 1. The third kappa shape index (κ3) is 3.20. The monoisotopic (exact) mass is 247 g/mol. The Labute approximate surface area is 96.0 Å². The zero-order valence-electron chi connectivity index (χ0n) is 9.03. The lowest BCUT2D eigenvalue weighted by atomic mass is 9.93. The molecule has 0 saturated carbocycles. The summed E-state index contributed by atoms with van der Waals surface area (Å²) in [5, 5.41) is 8.69. The number of hydrogen-bond acceptors (Lipinski definition) is 2. The Morgan fingerprint density at radius 3 is 2.12 bits per heavy atom. The lowest BCUT2D eigenvalue weighted by molar-refractivity contribution is -0.139. The van der Waals surface area contributed by atoms with Gasteiger partial charge in [-0.2, -0.15) is 13.2 Å². The largest absolute Gasteiger partial charge is 0.480 e. The summed E-state index contributed by atoms with van der Waals surface area (Å²) in [6.07, 6.45) is -4.39. The van der Waals surface area contributed by atoms with Crippen molar-refractivity contribution in [1.29, 1.82) is 0 Å². The van der Waals surface area contributed by atoms with Crippen molar-refractivity contribution in [2.45, 2.75) is 25.1 Å². The van der Waals surface area contributed by atoms with Gasteiger partial charge in [0.05, 0.1) is 5.56 Å². The van der Waals surface area contributed by atoms with Crippen LogP contribution in [0.2, 0.25) is 0 Å². The third-order valence-corrected chi connectivity index (χ3v) is 2.59. The number of benzene rings is 1. The second-order valence-corrected chi connectivity index (χ2v) is 3.77. The highest BCUT2D eigenvalue weighted by atomic mass is 19.4. The minimum Gasteiger partial charge on any atom is -0.480 e. The van der Waals surface area contributed by atoms with E-state index in [1.165, 1.54) is 12.1 Å². The Morgan fingerprint density at radius 1 is 1.29 bits per heavy atom. The van der Waals surface area contributed by atoms with E-state index in [0.717, 1.165) is 12.1 Å². The van der Waals surface area contributed by atoms with Crippen molar-refractivity contribution >= 4 is 5.97 Å². The maximum Gasteiger partial charge on any atom is 0.416 e. The van der Waals surface area contributed by atoms with Gasteiger partial charge >= 0.3 is 12.1 Å². The summed E-state index contributed by atoms with van der Waals surface area (Å²) in [5.41, 5.74) is 5.09. The summed E-state index contributed by atoms with van der Waals surface area (Å²) in [5.74, 6) is -1.73. The normalized spacial score (nSPS) is 15.4. The molecule has 17 heavy (non-hydrogen) atoms. The smallest absolute Gasteiger partial charge is 0.416 e. The minimum atomic E-state index is -4.39. The molecule has 1 aromatic rings. The molecule has 0 aliphatic heterocycles. The van der Waals surface area contributed by atoms with Gasteiger partial charge in [-0.25, -0.2) is 0 Å². The lowest BCUT2D eigenvalue weighted by Crippen LogP contribution is -2.35. The quantitative estimate of drug-likeness (QED) is 0.860. The third-order valence-electron chi connectivity index (χ3n) is 2.59. The van der Waals surface area contributed by atoms with E-state index in [1.54, 1.807) is 6.92 Å². The number of hydrogen-bond donors (Lipinski definition) is 2. The van der Waals surface area contributed by atoms with Crippen LogP contribution in [0.15, 0.2) is 24.3 Å². The summed E-state index contributed by atoms with van der Waals surface area (Å²) in [7, 11) is 0. The average molecular weight is 247 g/mol. The first kappa shape index (κ1) is 13.5. The average Bonchev–Trinajstić information content (AvgIpc) is 2.26. The van der Waals surface area contributed by atoms with Crippen molar-refractivity contribution < 1.29 is 23.1 Å². The van der Waals surface area contributed by atoms with Gasteiger partial charge in [-0.1, -0.05) is 19.1 Å². The molecule has 0 aliphatic carbocycles. The van der Waals surface area contributed by atoms with Crippen LogP contribution >= 0.6 is 0 Å². The molecule has 0 saturated heterocycles. The first-order valence-corrected chi connectivity index (χ1v) is 4.89. The number of halogens is 3. The highest BCUT2D eigenvalue weighted by Gasteiger charge is 2.30. The van der Waals surface area contributed by atoms with Crippen LogP contribution in [0.3, 0.4) is 0 Å². The number of alkyl halides is 3. The molecule has 0 fully saturated rings. The number of carbonyl (C=O) groups is 1. The van der Waals surface area contributed by atoms with Crippen LogP contribution in [-0.2, 0) is 11.0 Å². The first-order chi connectivity index (χ1) is 7.73. The molecule has 0 unspecified atom stereocenters. The van der Waals surface area contributed by atoms with Crippen molar-refractivity contribution in [3.8, 4) is 0 Å². The van der Waals surface area contributed by atoms with Crippen LogP contribution < -0.4 is 5.73 Å². The fraction of sp³-hybridized carbons (Fsp3) is 0.364. The van der Waals surface area contributed by atoms with Gasteiger partial charge in [-0.05, 0) is 17.7 Å². The number of aliphatic carboxylic acids is 1. The second-order valence-electron chi connectivity index (χ2n) is 3.77. The maximum atomic E-state index is 12.3. The fourth-order valence-corrected chi connectivity index (χ4v) is 1.40. The molecule has 0 radical (unpaired) electrons. The second kappa shape index (κ2) is 4.75. The molecule has 1 rings (SSSR count). The van der Waals surface area contributed by atoms with Crippen molar-refractivity contribution in [2.24, 2.45) is 5.73 Å². The van der Waals surface area contributed by atoms with Gasteiger partial charge < -0.3 is 10.8 Å². The van der Waals surface area contributed by atoms with E-state index in [4.69, 9.17) is 10.8 Å². The standard InChI is InChI=1S/C11H12F3NO2/c1-6(9(15)10(16)17)7-2-4-8(5-3-7)11(12,13)14/h2-6,9H,15H2,1H3,(H,16,17)/t6-,9+/m1/s1. The van der Waals surface area contributed by atoms with Crippen molar-refractivity contribution in [1.82, 2.24) is 0 Å². The van der Waals surface area contributed by atoms with Gasteiger partial charge in [0.1, 0.15) is 6.04 Å². The molecule has 2 atom stereocenters. The molecule has 0 heterocycles. The van der Waals surface area contributed by atoms with Crippen LogP contribution in [0.4, 0.5) is 13.2 Å². The lowest BCUT2D eigenvalue weighted by Gasteiger charge is -2.17. The highest BCUT2D eigenvalue weighted by molar-refractivity contribution is 5.74. The Morgan fingerprint density at radius 2 is 1.76 bits per heavy atom. The van der Waals surface area contributed by atoms with Crippen LogP contribution in [0.5, 0.6) is 0 Å². The molecular formula is C11H12F3NO2. The van der Waals surface area contributed by atoms with E-state index in [2.05, 4.69) is 0 Å². The molecule has 0 aliphatic rings. The van der Waals surface area contributed by atoms with Gasteiger partial charge in [-0.3, -0.25) is 4.79 Å². The number of carboxylic acid groups (broad SMARTS) is 1. The molecule has 0 spiro atoms. The summed E-state index contributed by atoms with van der Waals surface area (Å²) in [6.45, 7) is 1.56. The SMILES string of the molecule is C[C@H](c1ccc(C(F)(F)F)cc1)[C@H](N)C(=O)O. The van der Waals surface area contributed by atoms with E-state index >= 15 is 0 Å². The van der Waals surface area contributed by atoms with Crippen LogP contribution in [0.25, 0.3) is 0 Å². The molecule has 0 bridgehead atoms. The van der Waals surface area contributed by atoms with Gasteiger partial charge in [0, 0.05) is 5.92 Å². The summed E-state index contributed by atoms with van der Waals surface area (Å²) < 4.78 is 36.9. The van der Waals surface area contributed by atoms with E-state index in [1.807, 2.05) is 0 Å². The van der Waals surface area contributed by atoms with Crippen molar-refractivity contribution in [3.05, 3.63) is 35.4 Å². The molecule has 6 heteroatoms. The molecule has 3 N–H and O–H groups in total. The Bertz CT molecular complexity index is 400. The summed E-state index contributed by atoms with van der Waals surface area (Å²) in [6, 6.07) is 3.19. The zero-order valence-corrected chi connectivity index (χ0v) is 9.03. The molecule has 3 nitrogen and oxygen atoms in total. The predicted molar refractivity (Wildman–Crippen MR) is 55.5 cm³/mol. The topological polar surface area (TPSA) is 63.3 Å². The molecule has 0 aromatic heterocycles. The van der Waals surface area contributed by atoms with E-state index in [-0.39, 0.29) is 0 Å². The maximum absolute atomic E-state index is 12.3. The Hall–Kier alpha value is -1.56. The van der Waals surface area contributed by atoms with Gasteiger partial charge in [-0.15, -0.1) is 0 Å². The molecular weight excluding hydrogens is 235 g/mol. The van der Waals surface area contributed by atoms with E-state index in [9.17, 15) is 18.0 Å². The van der Waals surface area contributed by atoms with E-state index in [0.29, 0.717) is 5.56 Å². The Kier molecular flexibility index (Phi) is 3.77. The number of nitrogens with two attached hydrogens (primary N) is 1. The molecule has 94 valence electrons. The van der Waals surface area contributed by atoms with E-state index < -0.39 is 29.7 Å². The summed E-state index contributed by atoms with van der Waals surface area (Å²) in [4.78, 5) is 10.6. The minimum absolute atomic E-state index is 0.466. The molecule has 0 amide bonds. The summed E-state index contributed by atoms with van der Waals surface area (Å²) >= 11 is 0. The van der Waals surface area contributed by atoms with Gasteiger partial charge in [0.2, 0.25) is 0 Å². The van der Waals surface area contributed by atoms with Gasteiger partial charge in [0.15, 0.2) is 0 Å². The van der Waals surface area contributed by atoms with Crippen LogP contribution in [0, 0.1) is 0 Å². The molecule has 1 aromatic carbocycles. The van der Waals surface area contributed by atoms with Crippen LogP contribution in [-0.4, -0.2) is 17.1 Å². The zero-order chi connectivity index (χ0) is 13.2. The van der Waals surface area contributed by atoms with Crippen molar-refractivity contribution in [3.63, 3.8) is 0 Å². The van der Waals surface area contributed by atoms with Crippen molar-refractivity contribution in [2.75, 3.05) is 0 Å². The highest BCUT2D eigenvalue weighted by Crippen LogP contribution is 2.30.